The maximum Gasteiger partial charge on any atom is 0.258 e. The van der Waals surface area contributed by atoms with Gasteiger partial charge < -0.3 is 15.3 Å². The van der Waals surface area contributed by atoms with E-state index in [1.807, 2.05) is 24.3 Å². The minimum atomic E-state index is -0.445. The van der Waals surface area contributed by atoms with Crippen LogP contribution in [0.15, 0.2) is 36.4 Å². The van der Waals surface area contributed by atoms with Gasteiger partial charge in [-0.25, -0.2) is 0 Å². The number of carbonyl (C=O) groups is 2. The minimum Gasteiger partial charge on any atom is -0.506 e. The summed E-state index contributed by atoms with van der Waals surface area (Å²) in [6.07, 6.45) is 9.01. The van der Waals surface area contributed by atoms with Crippen molar-refractivity contribution in [3.63, 3.8) is 0 Å². The van der Waals surface area contributed by atoms with E-state index >= 15 is 0 Å². The molecule has 1 atom stereocenters. The Hall–Kier alpha value is -2.56. The van der Waals surface area contributed by atoms with Gasteiger partial charge in [-0.2, -0.15) is 0 Å². The zero-order chi connectivity index (χ0) is 20.2. The molecule has 0 bridgehead atoms. The fourth-order valence-corrected chi connectivity index (χ4v) is 4.88. The van der Waals surface area contributed by atoms with Gasteiger partial charge in [0.2, 0.25) is 5.91 Å². The average Bonchev–Trinajstić information content (AvgIpc) is 3.43. The number of aromatic hydroxyl groups is 1. The van der Waals surface area contributed by atoms with Crippen LogP contribution in [0, 0.1) is 5.92 Å². The molecule has 1 saturated carbocycles. The van der Waals surface area contributed by atoms with E-state index in [4.69, 9.17) is 0 Å². The van der Waals surface area contributed by atoms with Crippen molar-refractivity contribution >= 4 is 22.6 Å². The Morgan fingerprint density at radius 2 is 1.83 bits per heavy atom. The van der Waals surface area contributed by atoms with Crippen molar-refractivity contribution in [1.29, 1.82) is 0 Å². The molecule has 1 aliphatic carbocycles. The normalized spacial score (nSPS) is 19.7. The SMILES string of the molecule is O=C(NCCCC1CCCC1)C1CCCN1C(=O)c1ccc2ccccc2c1O. The van der Waals surface area contributed by atoms with Gasteiger partial charge in [0.25, 0.3) is 5.91 Å². The summed E-state index contributed by atoms with van der Waals surface area (Å²) in [6, 6.07) is 10.5. The van der Waals surface area contributed by atoms with E-state index in [-0.39, 0.29) is 23.1 Å². The summed E-state index contributed by atoms with van der Waals surface area (Å²) < 4.78 is 0. The molecule has 0 aromatic heterocycles. The highest BCUT2D eigenvalue weighted by Gasteiger charge is 2.35. The molecule has 5 nitrogen and oxygen atoms in total. The number of nitrogens with zero attached hydrogens (tertiary/aromatic N) is 1. The predicted octanol–water partition coefficient (Wildman–Crippen LogP) is 4.24. The number of hydrogen-bond donors (Lipinski definition) is 2. The van der Waals surface area contributed by atoms with E-state index in [9.17, 15) is 14.7 Å². The van der Waals surface area contributed by atoms with Gasteiger partial charge in [-0.15, -0.1) is 0 Å². The smallest absolute Gasteiger partial charge is 0.258 e. The molecule has 2 amide bonds. The number of likely N-dealkylation sites (tertiary alicyclic amines) is 1. The van der Waals surface area contributed by atoms with Gasteiger partial charge in [0, 0.05) is 18.5 Å². The summed E-state index contributed by atoms with van der Waals surface area (Å²) in [5, 5.41) is 15.2. The van der Waals surface area contributed by atoms with E-state index in [0.29, 0.717) is 24.9 Å². The zero-order valence-electron chi connectivity index (χ0n) is 16.9. The maximum absolute atomic E-state index is 13.1. The van der Waals surface area contributed by atoms with Crippen LogP contribution in [0.25, 0.3) is 10.8 Å². The lowest BCUT2D eigenvalue weighted by atomic mass is 10.0. The first-order valence-electron chi connectivity index (χ1n) is 10.9. The van der Waals surface area contributed by atoms with Gasteiger partial charge in [0.1, 0.15) is 11.8 Å². The molecule has 1 unspecified atom stereocenters. The summed E-state index contributed by atoms with van der Waals surface area (Å²) >= 11 is 0. The van der Waals surface area contributed by atoms with Crippen molar-refractivity contribution in [3.8, 4) is 5.75 Å². The molecule has 2 N–H and O–H groups in total. The molecule has 4 rings (SSSR count). The molecule has 1 heterocycles. The van der Waals surface area contributed by atoms with Crippen LogP contribution in [0.3, 0.4) is 0 Å². The van der Waals surface area contributed by atoms with Crippen LogP contribution in [0.1, 0.15) is 61.7 Å². The van der Waals surface area contributed by atoms with Crippen LogP contribution >= 0.6 is 0 Å². The molecule has 154 valence electrons. The second-order valence-corrected chi connectivity index (χ2v) is 8.42. The molecular weight excluding hydrogens is 364 g/mol. The molecular formula is C24H30N2O3. The van der Waals surface area contributed by atoms with Crippen LogP contribution < -0.4 is 5.32 Å². The molecule has 2 aliphatic rings. The monoisotopic (exact) mass is 394 g/mol. The number of phenolic OH excluding ortho intramolecular Hbond substituents is 1. The topological polar surface area (TPSA) is 69.6 Å². The summed E-state index contributed by atoms with van der Waals surface area (Å²) in [5.41, 5.74) is 0.268. The van der Waals surface area contributed by atoms with E-state index in [1.165, 1.54) is 32.1 Å². The van der Waals surface area contributed by atoms with Gasteiger partial charge in [0.15, 0.2) is 0 Å². The molecule has 0 spiro atoms. The number of carbonyl (C=O) groups excluding carboxylic acids is 2. The lowest BCUT2D eigenvalue weighted by molar-refractivity contribution is -0.124. The van der Waals surface area contributed by atoms with Gasteiger partial charge in [0.05, 0.1) is 5.56 Å². The van der Waals surface area contributed by atoms with E-state index in [0.717, 1.165) is 24.1 Å². The van der Waals surface area contributed by atoms with Crippen LogP contribution in [-0.2, 0) is 4.79 Å². The molecule has 2 fully saturated rings. The van der Waals surface area contributed by atoms with Crippen LogP contribution in [-0.4, -0.2) is 41.0 Å². The first-order valence-corrected chi connectivity index (χ1v) is 10.9. The lowest BCUT2D eigenvalue weighted by Crippen LogP contribution is -2.46. The maximum atomic E-state index is 13.1. The molecule has 1 saturated heterocycles. The fourth-order valence-electron chi connectivity index (χ4n) is 4.88. The summed E-state index contributed by atoms with van der Waals surface area (Å²) in [6.45, 7) is 1.22. The van der Waals surface area contributed by atoms with Crippen molar-refractivity contribution in [1.82, 2.24) is 10.2 Å². The van der Waals surface area contributed by atoms with Crippen molar-refractivity contribution in [2.75, 3.05) is 13.1 Å². The first kappa shape index (κ1) is 19.7. The highest BCUT2D eigenvalue weighted by molar-refractivity contribution is 6.05. The van der Waals surface area contributed by atoms with Crippen molar-refractivity contribution in [2.24, 2.45) is 5.92 Å². The largest absolute Gasteiger partial charge is 0.506 e. The zero-order valence-corrected chi connectivity index (χ0v) is 16.9. The Morgan fingerprint density at radius 1 is 1.03 bits per heavy atom. The van der Waals surface area contributed by atoms with E-state index in [2.05, 4.69) is 5.32 Å². The number of fused-ring (bicyclic) bond motifs is 1. The molecule has 5 heteroatoms. The number of hydrogen-bond acceptors (Lipinski definition) is 3. The molecule has 1 aliphatic heterocycles. The van der Waals surface area contributed by atoms with Gasteiger partial charge in [-0.1, -0.05) is 56.0 Å². The van der Waals surface area contributed by atoms with Crippen molar-refractivity contribution < 1.29 is 14.7 Å². The lowest BCUT2D eigenvalue weighted by Gasteiger charge is -2.24. The minimum absolute atomic E-state index is 0.00396. The Bertz CT molecular complexity index is 889. The third kappa shape index (κ3) is 4.24. The quantitative estimate of drug-likeness (QED) is 0.720. The summed E-state index contributed by atoms with van der Waals surface area (Å²) in [4.78, 5) is 27.5. The molecule has 2 aromatic rings. The van der Waals surface area contributed by atoms with Crippen LogP contribution in [0.4, 0.5) is 0 Å². The van der Waals surface area contributed by atoms with Gasteiger partial charge >= 0.3 is 0 Å². The van der Waals surface area contributed by atoms with Crippen molar-refractivity contribution in [2.45, 2.75) is 57.4 Å². The van der Waals surface area contributed by atoms with Crippen molar-refractivity contribution in [3.05, 3.63) is 42.0 Å². The number of amides is 2. The van der Waals surface area contributed by atoms with Crippen LogP contribution in [0.5, 0.6) is 5.75 Å². The Kier molecular flexibility index (Phi) is 6.02. The predicted molar refractivity (Wildman–Crippen MR) is 114 cm³/mol. The Balaban J connectivity index is 1.39. The third-order valence-electron chi connectivity index (χ3n) is 6.51. The second kappa shape index (κ2) is 8.85. The van der Waals surface area contributed by atoms with Crippen LogP contribution in [0.2, 0.25) is 0 Å². The molecule has 0 radical (unpaired) electrons. The summed E-state index contributed by atoms with van der Waals surface area (Å²) in [5.74, 6) is 0.488. The number of phenols is 1. The summed E-state index contributed by atoms with van der Waals surface area (Å²) in [7, 11) is 0. The average molecular weight is 395 g/mol. The highest BCUT2D eigenvalue weighted by Crippen LogP contribution is 2.31. The third-order valence-corrected chi connectivity index (χ3v) is 6.51. The van der Waals surface area contributed by atoms with E-state index in [1.54, 1.807) is 17.0 Å². The van der Waals surface area contributed by atoms with E-state index < -0.39 is 6.04 Å². The molecule has 2 aromatic carbocycles. The van der Waals surface area contributed by atoms with Gasteiger partial charge in [-0.3, -0.25) is 9.59 Å². The van der Waals surface area contributed by atoms with Gasteiger partial charge in [-0.05, 0) is 43.1 Å². The second-order valence-electron chi connectivity index (χ2n) is 8.42. The molecule has 29 heavy (non-hydrogen) atoms. The first-order chi connectivity index (χ1) is 14.1. The Labute approximate surface area is 172 Å². The number of rotatable bonds is 6. The fraction of sp³-hybridized carbons (Fsp3) is 0.500. The highest BCUT2D eigenvalue weighted by atomic mass is 16.3. The Morgan fingerprint density at radius 3 is 2.66 bits per heavy atom. The number of nitrogens with one attached hydrogen (secondary N) is 1. The number of benzene rings is 2. The standard InChI is InChI=1S/C24H30N2O3/c27-22-19-11-4-3-10-18(19)13-14-20(22)24(29)26-16-6-12-21(26)23(28)25-15-5-9-17-7-1-2-8-17/h3-4,10-11,13-14,17,21,27H,1-2,5-9,12,15-16H2,(H,25,28).